The Balaban J connectivity index is 3.23. The highest BCUT2D eigenvalue weighted by molar-refractivity contribution is 7.99. The number of hydrogen-bond acceptors (Lipinski definition) is 4. The van der Waals surface area contributed by atoms with Gasteiger partial charge in [0.25, 0.3) is 0 Å². The van der Waals surface area contributed by atoms with Gasteiger partial charge in [0.1, 0.15) is 0 Å². The maximum atomic E-state index is 11.0. The molecule has 0 amide bonds. The van der Waals surface area contributed by atoms with Gasteiger partial charge in [0.15, 0.2) is 11.8 Å². The van der Waals surface area contributed by atoms with Crippen molar-refractivity contribution in [1.82, 2.24) is 4.57 Å². The van der Waals surface area contributed by atoms with Crippen LogP contribution in [0.1, 0.15) is 18.7 Å². The van der Waals surface area contributed by atoms with Gasteiger partial charge >= 0.3 is 0 Å². The van der Waals surface area contributed by atoms with E-state index >= 15 is 0 Å². The number of rotatable bonds is 5. The summed E-state index contributed by atoms with van der Waals surface area (Å²) in [6.07, 6.45) is 0.794. The third-order valence-corrected chi connectivity index (χ3v) is 3.30. The maximum absolute atomic E-state index is 11.0. The third-order valence-electron chi connectivity index (χ3n) is 2.25. The van der Waals surface area contributed by atoms with Crippen LogP contribution in [0.15, 0.2) is 11.4 Å². The predicted octanol–water partition coefficient (Wildman–Crippen LogP) is -0.601. The quantitative estimate of drug-likeness (QED) is 0.512. The molecule has 0 fully saturated rings. The SMILES string of the molecule is CCSc1c([C@@H](OC)C(=O)[O-])n(C)c[n+]1C. The minimum Gasteiger partial charge on any atom is -0.547 e. The Bertz CT molecular complexity index is 390. The summed E-state index contributed by atoms with van der Waals surface area (Å²) in [4.78, 5) is 11.0. The summed E-state index contributed by atoms with van der Waals surface area (Å²) in [6, 6.07) is 0. The van der Waals surface area contributed by atoms with E-state index in [-0.39, 0.29) is 0 Å². The molecule has 0 aliphatic heterocycles. The van der Waals surface area contributed by atoms with Crippen molar-refractivity contribution >= 4 is 17.7 Å². The fourth-order valence-corrected chi connectivity index (χ4v) is 2.56. The van der Waals surface area contributed by atoms with E-state index in [1.165, 1.54) is 7.11 Å². The van der Waals surface area contributed by atoms with Crippen LogP contribution in [0.2, 0.25) is 0 Å². The summed E-state index contributed by atoms with van der Waals surface area (Å²) in [5, 5.41) is 11.9. The molecule has 0 aliphatic rings. The summed E-state index contributed by atoms with van der Waals surface area (Å²) < 4.78 is 8.61. The normalized spacial score (nSPS) is 12.8. The highest BCUT2D eigenvalue weighted by atomic mass is 32.2. The number of nitrogens with zero attached hydrogens (tertiary/aromatic N) is 2. The smallest absolute Gasteiger partial charge is 0.244 e. The van der Waals surface area contributed by atoms with Crippen LogP contribution >= 0.6 is 11.8 Å². The van der Waals surface area contributed by atoms with E-state index in [9.17, 15) is 9.90 Å². The molecule has 0 bridgehead atoms. The molecule has 1 aromatic heterocycles. The van der Waals surface area contributed by atoms with Crippen molar-refractivity contribution in [2.24, 2.45) is 14.1 Å². The minimum absolute atomic E-state index is 0.622. The van der Waals surface area contributed by atoms with E-state index < -0.39 is 12.1 Å². The Morgan fingerprint density at radius 1 is 1.75 bits per heavy atom. The number of aromatic nitrogens is 2. The van der Waals surface area contributed by atoms with Gasteiger partial charge in [0.05, 0.1) is 20.1 Å². The number of methoxy groups -OCH3 is 1. The zero-order valence-corrected chi connectivity index (χ0v) is 10.7. The first-order valence-corrected chi connectivity index (χ1v) is 5.92. The number of carbonyl (C=O) groups is 1. The molecule has 6 heteroatoms. The Labute approximate surface area is 99.0 Å². The van der Waals surface area contributed by atoms with Crippen LogP contribution < -0.4 is 9.67 Å². The molecule has 0 saturated carbocycles. The van der Waals surface area contributed by atoms with Crippen LogP contribution in [0.25, 0.3) is 0 Å². The Kier molecular flexibility index (Phi) is 4.37. The van der Waals surface area contributed by atoms with Crippen molar-refractivity contribution in [1.29, 1.82) is 0 Å². The second-order valence-corrected chi connectivity index (χ2v) is 4.65. The topological polar surface area (TPSA) is 58.2 Å². The lowest BCUT2D eigenvalue weighted by Gasteiger charge is -2.14. The summed E-state index contributed by atoms with van der Waals surface area (Å²) >= 11 is 1.58. The third kappa shape index (κ3) is 2.38. The number of imidazole rings is 1. The van der Waals surface area contributed by atoms with Gasteiger partial charge in [-0.25, -0.2) is 9.13 Å². The molecule has 5 nitrogen and oxygen atoms in total. The average Bonchev–Trinajstić information content (AvgIpc) is 2.46. The van der Waals surface area contributed by atoms with E-state index in [1.54, 1.807) is 23.4 Å². The number of ether oxygens (including phenoxy) is 1. The van der Waals surface area contributed by atoms with Gasteiger partial charge < -0.3 is 14.6 Å². The second-order valence-electron chi connectivity index (χ2n) is 3.40. The zero-order chi connectivity index (χ0) is 12.3. The Hall–Kier alpha value is -1.01. The maximum Gasteiger partial charge on any atom is 0.244 e. The molecule has 0 unspecified atom stereocenters. The van der Waals surface area contributed by atoms with Crippen LogP contribution in [-0.4, -0.2) is 23.4 Å². The predicted molar refractivity (Wildman–Crippen MR) is 57.7 cm³/mol. The van der Waals surface area contributed by atoms with Gasteiger partial charge in [-0.2, -0.15) is 0 Å². The zero-order valence-electron chi connectivity index (χ0n) is 9.89. The molecule has 0 N–H and O–H groups in total. The largest absolute Gasteiger partial charge is 0.547 e. The van der Waals surface area contributed by atoms with E-state index in [0.717, 1.165) is 10.8 Å². The standard InChI is InChI=1S/C10H16N2O3S/c1-5-16-9-7(8(15-4)10(13)14)11(2)6-12(9)3/h6,8H,5H2,1-4H3/t8-/m1/s1. The van der Waals surface area contributed by atoms with Gasteiger partial charge in [-0.1, -0.05) is 18.7 Å². The lowest BCUT2D eigenvalue weighted by Crippen LogP contribution is -2.33. The van der Waals surface area contributed by atoms with Gasteiger partial charge in [-0.05, 0) is 5.75 Å². The number of carboxylic acids is 1. The van der Waals surface area contributed by atoms with Crippen LogP contribution in [0, 0.1) is 0 Å². The highest BCUT2D eigenvalue weighted by Crippen LogP contribution is 2.25. The van der Waals surface area contributed by atoms with E-state index in [0.29, 0.717) is 5.69 Å². The molecular weight excluding hydrogens is 228 g/mol. The molecule has 0 aromatic carbocycles. The van der Waals surface area contributed by atoms with Crippen LogP contribution in [0.3, 0.4) is 0 Å². The van der Waals surface area contributed by atoms with Crippen LogP contribution in [0.4, 0.5) is 0 Å². The van der Waals surface area contributed by atoms with E-state index in [1.807, 2.05) is 24.9 Å². The summed E-state index contributed by atoms with van der Waals surface area (Å²) in [7, 11) is 5.04. The summed E-state index contributed by atoms with van der Waals surface area (Å²) in [5.41, 5.74) is 0.622. The number of hydrogen-bond donors (Lipinski definition) is 0. The van der Waals surface area contributed by atoms with E-state index in [4.69, 9.17) is 4.74 Å². The molecular formula is C10H16N2O3S. The van der Waals surface area contributed by atoms with Gasteiger partial charge in [0.2, 0.25) is 11.4 Å². The molecule has 1 heterocycles. The Morgan fingerprint density at radius 3 is 2.81 bits per heavy atom. The number of aliphatic carboxylic acids is 1. The van der Waals surface area contributed by atoms with Crippen LogP contribution in [0.5, 0.6) is 0 Å². The van der Waals surface area contributed by atoms with Crippen molar-refractivity contribution < 1.29 is 19.2 Å². The van der Waals surface area contributed by atoms with Crippen molar-refractivity contribution in [3.63, 3.8) is 0 Å². The molecule has 90 valence electrons. The molecule has 0 radical (unpaired) electrons. The lowest BCUT2D eigenvalue weighted by molar-refractivity contribution is -0.707. The van der Waals surface area contributed by atoms with Gasteiger partial charge in [-0.3, -0.25) is 0 Å². The first-order valence-electron chi connectivity index (χ1n) is 4.94. The van der Waals surface area contributed by atoms with E-state index in [2.05, 4.69) is 0 Å². The van der Waals surface area contributed by atoms with Crippen LogP contribution in [-0.2, 0) is 23.6 Å². The number of carbonyl (C=O) groups excluding carboxylic acids is 1. The van der Waals surface area contributed by atoms with Crippen molar-refractivity contribution in [2.75, 3.05) is 12.9 Å². The Morgan fingerprint density at radius 2 is 2.38 bits per heavy atom. The molecule has 0 aliphatic carbocycles. The molecule has 1 atom stereocenters. The fraction of sp³-hybridized carbons (Fsp3) is 0.600. The van der Waals surface area contributed by atoms with Crippen molar-refractivity contribution in [3.05, 3.63) is 12.0 Å². The summed E-state index contributed by atoms with van der Waals surface area (Å²) in [6.45, 7) is 2.02. The summed E-state index contributed by atoms with van der Waals surface area (Å²) in [5.74, 6) is -0.351. The lowest BCUT2D eigenvalue weighted by atomic mass is 10.2. The highest BCUT2D eigenvalue weighted by Gasteiger charge is 2.28. The van der Waals surface area contributed by atoms with Crippen molar-refractivity contribution in [2.45, 2.75) is 18.1 Å². The number of aryl methyl sites for hydroxylation is 2. The molecule has 1 rings (SSSR count). The first kappa shape index (κ1) is 13.1. The van der Waals surface area contributed by atoms with Gasteiger partial charge in [0, 0.05) is 7.11 Å². The number of carboxylic acid groups (broad SMARTS) is 1. The monoisotopic (exact) mass is 244 g/mol. The first-order chi connectivity index (χ1) is 7.52. The number of thioether (sulfide) groups is 1. The molecule has 1 aromatic rings. The van der Waals surface area contributed by atoms with Crippen molar-refractivity contribution in [3.8, 4) is 0 Å². The second kappa shape index (κ2) is 5.36. The van der Waals surface area contributed by atoms with Gasteiger partial charge in [-0.15, -0.1) is 0 Å². The average molecular weight is 244 g/mol. The minimum atomic E-state index is -1.22. The molecule has 16 heavy (non-hydrogen) atoms. The molecule has 0 saturated heterocycles. The molecule has 0 spiro atoms. The fourth-order valence-electron chi connectivity index (χ4n) is 1.64.